The van der Waals surface area contributed by atoms with E-state index in [0.29, 0.717) is 57.4 Å². The third-order valence-electron chi connectivity index (χ3n) is 7.79. The maximum atomic E-state index is 13.8. The highest BCUT2D eigenvalue weighted by Gasteiger charge is 2.34. The average Bonchev–Trinajstić information content (AvgIpc) is 3.30. The van der Waals surface area contributed by atoms with Crippen LogP contribution in [0.3, 0.4) is 0 Å². The minimum absolute atomic E-state index is 0.0324. The molecule has 1 N–H and O–H groups in total. The smallest absolute Gasteiger partial charge is 0.406 e. The van der Waals surface area contributed by atoms with Gasteiger partial charge in [-0.3, -0.25) is 4.79 Å². The molecule has 206 valence electrons. The highest BCUT2D eigenvalue weighted by Crippen LogP contribution is 2.37. The number of carbonyl (C=O) groups excluding carboxylic acids is 1. The van der Waals surface area contributed by atoms with E-state index in [4.69, 9.17) is 4.74 Å². The molecule has 0 saturated carbocycles. The van der Waals surface area contributed by atoms with Gasteiger partial charge in [-0.2, -0.15) is 0 Å². The van der Waals surface area contributed by atoms with Gasteiger partial charge in [-0.15, -0.1) is 13.2 Å². The van der Waals surface area contributed by atoms with E-state index in [1.54, 1.807) is 18.5 Å². The molecule has 1 aliphatic carbocycles. The molecule has 0 bridgehead atoms. The number of piperazine rings is 1. The minimum Gasteiger partial charge on any atom is -0.406 e. The van der Waals surface area contributed by atoms with E-state index >= 15 is 0 Å². The Morgan fingerprint density at radius 3 is 2.50 bits per heavy atom. The van der Waals surface area contributed by atoms with Gasteiger partial charge in [-0.05, 0) is 49.3 Å². The highest BCUT2D eigenvalue weighted by atomic mass is 19.4. The monoisotopic (exact) mass is 533 g/mol. The van der Waals surface area contributed by atoms with E-state index in [0.717, 1.165) is 37.2 Å². The van der Waals surface area contributed by atoms with E-state index < -0.39 is 12.3 Å². The Balaban J connectivity index is 1.28. The van der Waals surface area contributed by atoms with Crippen molar-refractivity contribution in [2.24, 2.45) is 0 Å². The summed E-state index contributed by atoms with van der Waals surface area (Å²) >= 11 is 0. The predicted octanol–water partition coefficient (Wildman–Crippen LogP) is 3.63. The summed E-state index contributed by atoms with van der Waals surface area (Å²) in [5, 5.41) is 3.49. The van der Waals surface area contributed by atoms with Crippen LogP contribution < -0.4 is 15.0 Å². The molecule has 0 spiro atoms. The number of halogens is 3. The van der Waals surface area contributed by atoms with Crippen LogP contribution in [0, 0.1) is 0 Å². The first-order valence-electron chi connectivity index (χ1n) is 13.3. The molecule has 0 radical (unpaired) electrons. The SMILES string of the molecule is C[C@@H]1CCc2ncnc(N3CCN(C(=O)[C@H](CNC4CCOCC4)c4ccc(OC(F)(F)F)cc4)CC3)c21. The number of ether oxygens (including phenoxy) is 2. The molecule has 3 aliphatic rings. The Labute approximate surface area is 220 Å². The van der Waals surface area contributed by atoms with Gasteiger partial charge in [0.2, 0.25) is 5.91 Å². The van der Waals surface area contributed by atoms with Crippen LogP contribution in [0.1, 0.15) is 54.8 Å². The van der Waals surface area contributed by atoms with E-state index in [1.165, 1.54) is 17.7 Å². The molecule has 38 heavy (non-hydrogen) atoms. The molecule has 0 unspecified atom stereocenters. The Hall–Kier alpha value is -2.92. The van der Waals surface area contributed by atoms with E-state index in [9.17, 15) is 18.0 Å². The molecule has 2 atom stereocenters. The number of nitrogens with zero attached hydrogens (tertiary/aromatic N) is 4. The third kappa shape index (κ3) is 6.20. The van der Waals surface area contributed by atoms with Crippen molar-refractivity contribution in [1.29, 1.82) is 0 Å². The fourth-order valence-electron chi connectivity index (χ4n) is 5.67. The zero-order valence-corrected chi connectivity index (χ0v) is 21.5. The molecular formula is C27H34F3N5O3. The Morgan fingerprint density at radius 1 is 1.11 bits per heavy atom. The summed E-state index contributed by atoms with van der Waals surface area (Å²) in [5.74, 6) is 0.545. The minimum atomic E-state index is -4.76. The zero-order chi connectivity index (χ0) is 26.7. The van der Waals surface area contributed by atoms with E-state index in [1.807, 2.05) is 4.90 Å². The highest BCUT2D eigenvalue weighted by molar-refractivity contribution is 5.84. The number of aryl methyl sites for hydroxylation is 1. The lowest BCUT2D eigenvalue weighted by Crippen LogP contribution is -2.51. The van der Waals surface area contributed by atoms with Gasteiger partial charge in [0.05, 0.1) is 5.92 Å². The number of anilines is 1. The van der Waals surface area contributed by atoms with Crippen molar-refractivity contribution in [3.63, 3.8) is 0 Å². The summed E-state index contributed by atoms with van der Waals surface area (Å²) < 4.78 is 47.3. The molecule has 2 saturated heterocycles. The quantitative estimate of drug-likeness (QED) is 0.582. The van der Waals surface area contributed by atoms with Crippen LogP contribution in [-0.4, -0.2) is 79.1 Å². The largest absolute Gasteiger partial charge is 0.573 e. The summed E-state index contributed by atoms with van der Waals surface area (Å²) in [5.41, 5.74) is 3.01. The molecule has 11 heteroatoms. The van der Waals surface area contributed by atoms with Crippen molar-refractivity contribution < 1.29 is 27.4 Å². The molecule has 5 rings (SSSR count). The van der Waals surface area contributed by atoms with Crippen molar-refractivity contribution in [1.82, 2.24) is 20.2 Å². The lowest BCUT2D eigenvalue weighted by Gasteiger charge is -2.38. The Morgan fingerprint density at radius 2 is 1.82 bits per heavy atom. The third-order valence-corrected chi connectivity index (χ3v) is 7.79. The van der Waals surface area contributed by atoms with Crippen LogP contribution in [0.25, 0.3) is 0 Å². The first-order valence-corrected chi connectivity index (χ1v) is 13.3. The normalized spacial score (nSPS) is 21.3. The number of alkyl halides is 3. The molecule has 3 heterocycles. The van der Waals surface area contributed by atoms with Crippen molar-refractivity contribution in [2.45, 2.75) is 56.8 Å². The fourth-order valence-corrected chi connectivity index (χ4v) is 5.67. The van der Waals surface area contributed by atoms with Crippen molar-refractivity contribution in [3.8, 4) is 5.75 Å². The summed E-state index contributed by atoms with van der Waals surface area (Å²) in [7, 11) is 0. The van der Waals surface area contributed by atoms with Crippen LogP contribution in [0.15, 0.2) is 30.6 Å². The number of hydrogen-bond donors (Lipinski definition) is 1. The van der Waals surface area contributed by atoms with Gasteiger partial charge in [0.25, 0.3) is 0 Å². The number of hydrogen-bond acceptors (Lipinski definition) is 7. The number of carbonyl (C=O) groups is 1. The molecule has 1 aromatic carbocycles. The van der Waals surface area contributed by atoms with Crippen LogP contribution in [-0.2, 0) is 16.0 Å². The van der Waals surface area contributed by atoms with Gasteiger partial charge in [-0.1, -0.05) is 19.1 Å². The second kappa shape index (κ2) is 11.4. The number of fused-ring (bicyclic) bond motifs is 1. The lowest BCUT2D eigenvalue weighted by molar-refractivity contribution is -0.274. The molecular weight excluding hydrogens is 499 g/mol. The van der Waals surface area contributed by atoms with Crippen LogP contribution in [0.4, 0.5) is 19.0 Å². The maximum absolute atomic E-state index is 13.8. The predicted molar refractivity (Wildman–Crippen MR) is 135 cm³/mol. The van der Waals surface area contributed by atoms with Gasteiger partial charge in [0, 0.05) is 63.2 Å². The number of aromatic nitrogens is 2. The van der Waals surface area contributed by atoms with E-state index in [2.05, 4.69) is 31.8 Å². The Kier molecular flexibility index (Phi) is 8.04. The summed E-state index contributed by atoms with van der Waals surface area (Å²) in [4.78, 5) is 26.9. The summed E-state index contributed by atoms with van der Waals surface area (Å²) in [6.07, 6.45) is 0.642. The lowest BCUT2D eigenvalue weighted by atomic mass is 9.95. The topological polar surface area (TPSA) is 79.8 Å². The van der Waals surface area contributed by atoms with Crippen molar-refractivity contribution in [3.05, 3.63) is 47.4 Å². The van der Waals surface area contributed by atoms with Gasteiger partial charge >= 0.3 is 6.36 Å². The molecule has 2 aromatic rings. The van der Waals surface area contributed by atoms with Gasteiger partial charge in [0.15, 0.2) is 0 Å². The van der Waals surface area contributed by atoms with Crippen LogP contribution >= 0.6 is 0 Å². The van der Waals surface area contributed by atoms with Crippen molar-refractivity contribution >= 4 is 11.7 Å². The maximum Gasteiger partial charge on any atom is 0.573 e. The van der Waals surface area contributed by atoms with Gasteiger partial charge < -0.3 is 24.6 Å². The van der Waals surface area contributed by atoms with Crippen LogP contribution in [0.2, 0.25) is 0 Å². The molecule has 1 amide bonds. The van der Waals surface area contributed by atoms with Gasteiger partial charge in [-0.25, -0.2) is 9.97 Å². The second-order valence-corrected chi connectivity index (χ2v) is 10.3. The first-order chi connectivity index (χ1) is 18.3. The van der Waals surface area contributed by atoms with Crippen molar-refractivity contribution in [2.75, 3.05) is 50.8 Å². The number of nitrogens with one attached hydrogen (secondary N) is 1. The Bertz CT molecular complexity index is 1100. The standard InChI is InChI=1S/C27H34F3N5O3/c1-18-2-7-23-24(18)25(33-17-32-23)34-10-12-35(13-11-34)26(36)22(16-31-20-8-14-37-15-9-20)19-3-5-21(6-4-19)38-27(28,29)30/h3-6,17-18,20,22,31H,2,7-16H2,1H3/t18-,22-/m1/s1. The molecule has 2 fully saturated rings. The number of amides is 1. The second-order valence-electron chi connectivity index (χ2n) is 10.3. The first kappa shape index (κ1) is 26.7. The summed E-state index contributed by atoms with van der Waals surface area (Å²) in [6.45, 7) is 6.39. The zero-order valence-electron chi connectivity index (χ0n) is 21.5. The number of rotatable bonds is 7. The molecule has 8 nitrogen and oxygen atoms in total. The van der Waals surface area contributed by atoms with Gasteiger partial charge in [0.1, 0.15) is 17.9 Å². The number of benzene rings is 1. The summed E-state index contributed by atoms with van der Waals surface area (Å²) in [6, 6.07) is 5.89. The molecule has 1 aromatic heterocycles. The van der Waals surface area contributed by atoms with E-state index in [-0.39, 0.29) is 17.7 Å². The fraction of sp³-hybridized carbons (Fsp3) is 0.593. The average molecular weight is 534 g/mol. The molecule has 2 aliphatic heterocycles. The van der Waals surface area contributed by atoms with Crippen LogP contribution in [0.5, 0.6) is 5.75 Å².